The van der Waals surface area contributed by atoms with Crippen molar-refractivity contribution in [3.05, 3.63) is 29.8 Å². The molecule has 1 aromatic rings. The molecule has 0 radical (unpaired) electrons. The van der Waals surface area contributed by atoms with E-state index >= 15 is 0 Å². The van der Waals surface area contributed by atoms with Crippen LogP contribution < -0.4 is 16.0 Å². The number of hydrogen-bond donors (Lipinski definition) is 3. The zero-order valence-electron chi connectivity index (χ0n) is 15.1. The predicted molar refractivity (Wildman–Crippen MR) is 114 cm³/mol. The monoisotopic (exact) mass is 494 g/mol. The molecule has 26 heavy (non-hydrogen) atoms. The van der Waals surface area contributed by atoms with Crippen molar-refractivity contribution in [3.8, 4) is 0 Å². The van der Waals surface area contributed by atoms with Gasteiger partial charge in [0.25, 0.3) is 0 Å². The lowest BCUT2D eigenvalue weighted by molar-refractivity contribution is -0.122. The van der Waals surface area contributed by atoms with Crippen LogP contribution in [0.5, 0.6) is 0 Å². The molecule has 0 aromatic heterocycles. The van der Waals surface area contributed by atoms with E-state index in [0.29, 0.717) is 30.5 Å². The number of sulfone groups is 1. The van der Waals surface area contributed by atoms with Crippen molar-refractivity contribution >= 4 is 45.7 Å². The third-order valence-electron chi connectivity index (χ3n) is 3.95. The Morgan fingerprint density at radius 1 is 1.08 bits per heavy atom. The summed E-state index contributed by atoms with van der Waals surface area (Å²) >= 11 is 0. The van der Waals surface area contributed by atoms with Crippen molar-refractivity contribution in [3.63, 3.8) is 0 Å². The topological polar surface area (TPSA) is 99.7 Å². The van der Waals surface area contributed by atoms with E-state index in [-0.39, 0.29) is 35.8 Å². The highest BCUT2D eigenvalue weighted by Crippen LogP contribution is 2.28. The summed E-state index contributed by atoms with van der Waals surface area (Å²) in [5.74, 6) is 1.04. The number of amides is 1. The van der Waals surface area contributed by atoms with E-state index in [2.05, 4.69) is 20.9 Å². The molecule has 1 fully saturated rings. The molecule has 0 bridgehead atoms. The summed E-state index contributed by atoms with van der Waals surface area (Å²) in [6.07, 6.45) is 3.97. The summed E-state index contributed by atoms with van der Waals surface area (Å²) in [7, 11) is -1.46. The highest BCUT2D eigenvalue weighted by molar-refractivity contribution is 14.0. The molecule has 7 nitrogen and oxygen atoms in total. The maximum atomic E-state index is 11.5. The van der Waals surface area contributed by atoms with Crippen LogP contribution in [0.15, 0.2) is 34.2 Å². The van der Waals surface area contributed by atoms with Crippen LogP contribution in [0.2, 0.25) is 0 Å². The van der Waals surface area contributed by atoms with Gasteiger partial charge in [-0.15, -0.1) is 24.0 Å². The molecule has 2 rings (SSSR count). The predicted octanol–water partition coefficient (Wildman–Crippen LogP) is 0.942. The van der Waals surface area contributed by atoms with Crippen LogP contribution in [0.1, 0.15) is 18.4 Å². The van der Waals surface area contributed by atoms with Crippen LogP contribution in [0.25, 0.3) is 0 Å². The molecule has 0 atom stereocenters. The summed E-state index contributed by atoms with van der Waals surface area (Å²) in [4.78, 5) is 16.0. The van der Waals surface area contributed by atoms with Gasteiger partial charge in [0.15, 0.2) is 15.8 Å². The van der Waals surface area contributed by atoms with E-state index in [9.17, 15) is 13.2 Å². The standard InChI is InChI=1S/C17H26N4O3S.HI/c1-18-17(21-12-11-19-16(22)14-5-6-14)20-10-9-13-3-7-15(8-4-13)25(2,23)24;/h3-4,7-8,14H,5-6,9-12H2,1-2H3,(H,19,22)(H2,18,20,21);1H. The molecule has 3 N–H and O–H groups in total. The van der Waals surface area contributed by atoms with Gasteiger partial charge in [-0.1, -0.05) is 12.1 Å². The Labute approximate surface area is 172 Å². The molecule has 0 aliphatic heterocycles. The number of carbonyl (C=O) groups is 1. The van der Waals surface area contributed by atoms with Crippen molar-refractivity contribution in [2.24, 2.45) is 10.9 Å². The third kappa shape index (κ3) is 7.90. The fourth-order valence-electron chi connectivity index (χ4n) is 2.31. The van der Waals surface area contributed by atoms with Gasteiger partial charge in [-0.25, -0.2) is 8.42 Å². The zero-order valence-corrected chi connectivity index (χ0v) is 18.3. The minimum absolute atomic E-state index is 0. The smallest absolute Gasteiger partial charge is 0.223 e. The van der Waals surface area contributed by atoms with Gasteiger partial charge in [-0.05, 0) is 37.0 Å². The number of aliphatic imine (C=N–C) groups is 1. The van der Waals surface area contributed by atoms with E-state index in [1.165, 1.54) is 6.26 Å². The number of hydrogen-bond acceptors (Lipinski definition) is 4. The molecule has 1 aromatic carbocycles. The second-order valence-corrected chi connectivity index (χ2v) is 8.17. The van der Waals surface area contributed by atoms with Crippen LogP contribution in [0, 0.1) is 5.92 Å². The van der Waals surface area contributed by atoms with Crippen LogP contribution in [0.4, 0.5) is 0 Å². The minimum atomic E-state index is -3.15. The molecular formula is C17H27IN4O3S. The largest absolute Gasteiger partial charge is 0.356 e. The van der Waals surface area contributed by atoms with E-state index in [1.807, 2.05) is 12.1 Å². The van der Waals surface area contributed by atoms with Gasteiger partial charge in [0, 0.05) is 38.9 Å². The summed E-state index contributed by atoms with van der Waals surface area (Å²) in [5.41, 5.74) is 1.05. The second kappa shape index (κ2) is 10.7. The first-order chi connectivity index (χ1) is 11.9. The van der Waals surface area contributed by atoms with Gasteiger partial charge >= 0.3 is 0 Å². The normalized spacial score (nSPS) is 14.3. The zero-order chi connectivity index (χ0) is 18.3. The van der Waals surface area contributed by atoms with E-state index in [1.54, 1.807) is 19.2 Å². The van der Waals surface area contributed by atoms with E-state index in [0.717, 1.165) is 24.8 Å². The van der Waals surface area contributed by atoms with Crippen LogP contribution in [-0.4, -0.2) is 53.2 Å². The third-order valence-corrected chi connectivity index (χ3v) is 5.07. The van der Waals surface area contributed by atoms with Gasteiger partial charge in [0.05, 0.1) is 4.90 Å². The molecule has 146 valence electrons. The number of nitrogens with zero attached hydrogens (tertiary/aromatic N) is 1. The van der Waals surface area contributed by atoms with Crippen molar-refractivity contribution in [2.45, 2.75) is 24.2 Å². The fraction of sp³-hybridized carbons (Fsp3) is 0.529. The lowest BCUT2D eigenvalue weighted by atomic mass is 10.1. The van der Waals surface area contributed by atoms with Crippen molar-refractivity contribution in [1.29, 1.82) is 0 Å². The van der Waals surface area contributed by atoms with Crippen molar-refractivity contribution in [2.75, 3.05) is 32.9 Å². The Kier molecular flexibility index (Phi) is 9.34. The highest BCUT2D eigenvalue weighted by Gasteiger charge is 2.28. The molecule has 9 heteroatoms. The maximum Gasteiger partial charge on any atom is 0.223 e. The Morgan fingerprint density at radius 2 is 1.65 bits per heavy atom. The van der Waals surface area contributed by atoms with E-state index in [4.69, 9.17) is 0 Å². The lowest BCUT2D eigenvalue weighted by Gasteiger charge is -2.12. The van der Waals surface area contributed by atoms with Gasteiger partial charge in [0.2, 0.25) is 5.91 Å². The Bertz CT molecular complexity index is 716. The Hall–Kier alpha value is -1.36. The molecule has 0 spiro atoms. The summed E-state index contributed by atoms with van der Waals surface area (Å²) < 4.78 is 22.9. The van der Waals surface area contributed by atoms with Gasteiger partial charge in [-0.2, -0.15) is 0 Å². The molecule has 0 saturated heterocycles. The van der Waals surface area contributed by atoms with Crippen molar-refractivity contribution < 1.29 is 13.2 Å². The number of rotatable bonds is 8. The first-order valence-corrected chi connectivity index (χ1v) is 10.3. The van der Waals surface area contributed by atoms with Gasteiger partial charge in [-0.3, -0.25) is 9.79 Å². The molecule has 1 aliphatic rings. The first-order valence-electron chi connectivity index (χ1n) is 8.41. The molecule has 0 heterocycles. The SMILES string of the molecule is CN=C(NCCNC(=O)C1CC1)NCCc1ccc(S(C)(=O)=O)cc1.I. The molecule has 0 unspecified atom stereocenters. The number of nitrogens with one attached hydrogen (secondary N) is 3. The highest BCUT2D eigenvalue weighted by atomic mass is 127. The quantitative estimate of drug-likeness (QED) is 0.216. The number of guanidine groups is 1. The van der Waals surface area contributed by atoms with Crippen LogP contribution in [0.3, 0.4) is 0 Å². The molecule has 1 amide bonds. The average Bonchev–Trinajstić information content (AvgIpc) is 3.41. The number of benzene rings is 1. The van der Waals surface area contributed by atoms with Gasteiger partial charge in [0.1, 0.15) is 0 Å². The first kappa shape index (κ1) is 22.7. The molecule has 1 aliphatic carbocycles. The van der Waals surface area contributed by atoms with Crippen molar-refractivity contribution in [1.82, 2.24) is 16.0 Å². The summed E-state index contributed by atoms with van der Waals surface area (Å²) in [6, 6.07) is 6.89. The van der Waals surface area contributed by atoms with Crippen LogP contribution >= 0.6 is 24.0 Å². The van der Waals surface area contributed by atoms with E-state index < -0.39 is 9.84 Å². The molecular weight excluding hydrogens is 467 g/mol. The van der Waals surface area contributed by atoms with Gasteiger partial charge < -0.3 is 16.0 Å². The number of halogens is 1. The maximum absolute atomic E-state index is 11.5. The average molecular weight is 494 g/mol. The summed E-state index contributed by atoms with van der Waals surface area (Å²) in [6.45, 7) is 1.86. The minimum Gasteiger partial charge on any atom is -0.356 e. The summed E-state index contributed by atoms with van der Waals surface area (Å²) in [5, 5.41) is 9.23. The Morgan fingerprint density at radius 3 is 2.19 bits per heavy atom. The second-order valence-electron chi connectivity index (χ2n) is 6.16. The van der Waals surface area contributed by atoms with Crippen LogP contribution in [-0.2, 0) is 21.1 Å². The fourth-order valence-corrected chi connectivity index (χ4v) is 2.94. The molecule has 1 saturated carbocycles. The number of carbonyl (C=O) groups excluding carboxylic acids is 1. The lowest BCUT2D eigenvalue weighted by Crippen LogP contribution is -2.42. The Balaban J connectivity index is 0.00000338.